The molecule has 152 valence electrons. The van der Waals surface area contributed by atoms with E-state index in [0.717, 1.165) is 17.3 Å². The Morgan fingerprint density at radius 3 is 2.60 bits per heavy atom. The van der Waals surface area contributed by atoms with Gasteiger partial charge in [-0.25, -0.2) is 0 Å². The first-order valence-electron chi connectivity index (χ1n) is 9.36. The number of anilines is 2. The zero-order valence-corrected chi connectivity index (χ0v) is 18.0. The monoisotopic (exact) mass is 438 g/mol. The molecule has 30 heavy (non-hydrogen) atoms. The number of thiocarbonyl (C=S) groups is 1. The quantitative estimate of drug-likeness (QED) is 0.412. The van der Waals surface area contributed by atoms with Crippen molar-refractivity contribution < 1.29 is 19.1 Å². The van der Waals surface area contributed by atoms with Gasteiger partial charge in [0.2, 0.25) is 0 Å². The molecule has 0 atom stereocenters. The number of thioether (sulfide) groups is 1. The van der Waals surface area contributed by atoms with E-state index in [1.54, 1.807) is 31.2 Å². The molecule has 0 spiro atoms. The van der Waals surface area contributed by atoms with E-state index >= 15 is 0 Å². The fraction of sp³-hybridized carbons (Fsp3) is 0.182. The smallest absolute Gasteiger partial charge is 0.326 e. The van der Waals surface area contributed by atoms with Crippen molar-refractivity contribution in [3.8, 4) is 0 Å². The van der Waals surface area contributed by atoms with Crippen LogP contribution in [-0.4, -0.2) is 35.3 Å². The van der Waals surface area contributed by atoms with Gasteiger partial charge in [0.1, 0.15) is 6.54 Å². The first-order valence-corrected chi connectivity index (χ1v) is 10.6. The summed E-state index contributed by atoms with van der Waals surface area (Å²) >= 11 is 6.56. The third-order valence-corrected chi connectivity index (χ3v) is 6.14. The van der Waals surface area contributed by atoms with E-state index in [0.29, 0.717) is 21.3 Å². The lowest BCUT2D eigenvalue weighted by Gasteiger charge is -2.16. The number of carbonyl (C=O) groups is 3. The van der Waals surface area contributed by atoms with Crippen molar-refractivity contribution in [2.24, 2.45) is 0 Å². The van der Waals surface area contributed by atoms with E-state index in [1.165, 1.54) is 9.80 Å². The molecular formula is C22H18N2O4S2. The van der Waals surface area contributed by atoms with E-state index in [-0.39, 0.29) is 29.5 Å². The molecule has 2 aliphatic heterocycles. The van der Waals surface area contributed by atoms with Crippen molar-refractivity contribution >= 4 is 63.0 Å². The largest absolute Gasteiger partial charge is 0.465 e. The summed E-state index contributed by atoms with van der Waals surface area (Å²) in [7, 11) is 0. The average Bonchev–Trinajstić information content (AvgIpc) is 3.15. The highest BCUT2D eigenvalue weighted by Crippen LogP contribution is 2.45. The number of fused-ring (bicyclic) bond motifs is 1. The highest BCUT2D eigenvalue weighted by atomic mass is 32.2. The molecule has 0 aromatic heterocycles. The van der Waals surface area contributed by atoms with Gasteiger partial charge < -0.3 is 4.74 Å². The number of rotatable bonds is 4. The normalized spacial score (nSPS) is 18.3. The van der Waals surface area contributed by atoms with Crippen LogP contribution in [0, 0.1) is 6.92 Å². The molecule has 0 saturated carbocycles. The van der Waals surface area contributed by atoms with Crippen LogP contribution < -0.4 is 9.80 Å². The predicted molar refractivity (Wildman–Crippen MR) is 121 cm³/mol. The van der Waals surface area contributed by atoms with Crippen molar-refractivity contribution in [2.75, 3.05) is 23.0 Å². The molecule has 2 amide bonds. The molecule has 2 heterocycles. The van der Waals surface area contributed by atoms with Gasteiger partial charge in [-0.05, 0) is 37.6 Å². The Hall–Kier alpha value is -2.97. The Morgan fingerprint density at radius 2 is 1.87 bits per heavy atom. The topological polar surface area (TPSA) is 66.9 Å². The van der Waals surface area contributed by atoms with Gasteiger partial charge in [0, 0.05) is 5.56 Å². The van der Waals surface area contributed by atoms with Gasteiger partial charge in [-0.15, -0.1) is 0 Å². The Kier molecular flexibility index (Phi) is 5.44. The highest BCUT2D eigenvalue weighted by molar-refractivity contribution is 8.27. The van der Waals surface area contributed by atoms with Gasteiger partial charge in [-0.2, -0.15) is 0 Å². The molecule has 2 aromatic carbocycles. The zero-order valence-electron chi connectivity index (χ0n) is 16.4. The molecule has 1 saturated heterocycles. The van der Waals surface area contributed by atoms with Crippen LogP contribution in [0.2, 0.25) is 0 Å². The average molecular weight is 439 g/mol. The summed E-state index contributed by atoms with van der Waals surface area (Å²) in [6, 6.07) is 14.6. The SMILES string of the molecule is CCOC(=O)CN1C(=O)/C(=C2/SC(=S)N(c3cccc(C)c3)C2=O)c2ccccc21. The molecule has 1 fully saturated rings. The summed E-state index contributed by atoms with van der Waals surface area (Å²) in [4.78, 5) is 41.7. The summed E-state index contributed by atoms with van der Waals surface area (Å²) in [5, 5.41) is 0. The fourth-order valence-corrected chi connectivity index (χ4v) is 4.87. The Labute approximate surface area is 183 Å². The van der Waals surface area contributed by atoms with Crippen LogP contribution in [0.25, 0.3) is 5.57 Å². The van der Waals surface area contributed by atoms with Crippen LogP contribution >= 0.6 is 24.0 Å². The summed E-state index contributed by atoms with van der Waals surface area (Å²) < 4.78 is 5.37. The molecule has 8 heteroatoms. The standard InChI is InChI=1S/C22H18N2O4S2/c1-3-28-17(25)12-23-16-10-5-4-9-15(16)18(20(23)26)19-21(27)24(22(29)30-19)14-8-6-7-13(2)11-14/h4-11H,3,12H2,1-2H3/b19-18+. The molecular weight excluding hydrogens is 420 g/mol. The van der Waals surface area contributed by atoms with Crippen molar-refractivity contribution in [3.05, 3.63) is 64.6 Å². The van der Waals surface area contributed by atoms with Gasteiger partial charge in [0.05, 0.1) is 28.5 Å². The molecule has 2 aromatic rings. The fourth-order valence-electron chi connectivity index (χ4n) is 3.50. The molecule has 4 rings (SSSR count). The minimum Gasteiger partial charge on any atom is -0.465 e. The lowest BCUT2D eigenvalue weighted by atomic mass is 10.1. The summed E-state index contributed by atoms with van der Waals surface area (Å²) in [6.45, 7) is 3.65. The number of carbonyl (C=O) groups excluding carboxylic acids is 3. The number of benzene rings is 2. The van der Waals surface area contributed by atoms with Gasteiger partial charge in [-0.3, -0.25) is 24.2 Å². The molecule has 6 nitrogen and oxygen atoms in total. The van der Waals surface area contributed by atoms with Crippen LogP contribution in [0.15, 0.2) is 53.4 Å². The maximum absolute atomic E-state index is 13.3. The number of aryl methyl sites for hydroxylation is 1. The number of hydrogen-bond acceptors (Lipinski definition) is 6. The third-order valence-electron chi connectivity index (χ3n) is 4.77. The van der Waals surface area contributed by atoms with Crippen LogP contribution in [0.3, 0.4) is 0 Å². The first-order chi connectivity index (χ1) is 14.4. The van der Waals surface area contributed by atoms with Crippen LogP contribution in [0.1, 0.15) is 18.1 Å². The van der Waals surface area contributed by atoms with E-state index in [2.05, 4.69) is 0 Å². The number of para-hydroxylation sites is 1. The minimum absolute atomic E-state index is 0.217. The molecule has 0 radical (unpaired) electrons. The van der Waals surface area contributed by atoms with Crippen molar-refractivity contribution in [3.63, 3.8) is 0 Å². The van der Waals surface area contributed by atoms with Crippen LogP contribution in [-0.2, 0) is 19.1 Å². The Bertz CT molecular complexity index is 1130. The van der Waals surface area contributed by atoms with E-state index < -0.39 is 11.9 Å². The van der Waals surface area contributed by atoms with E-state index in [4.69, 9.17) is 17.0 Å². The maximum atomic E-state index is 13.3. The second-order valence-electron chi connectivity index (χ2n) is 6.77. The second-order valence-corrected chi connectivity index (χ2v) is 8.41. The number of ether oxygens (including phenoxy) is 1. The summed E-state index contributed by atoms with van der Waals surface area (Å²) in [5.41, 5.74) is 3.11. The molecule has 0 N–H and O–H groups in total. The number of esters is 1. The van der Waals surface area contributed by atoms with E-state index in [9.17, 15) is 14.4 Å². The number of hydrogen-bond donors (Lipinski definition) is 0. The Morgan fingerprint density at radius 1 is 1.10 bits per heavy atom. The predicted octanol–water partition coefficient (Wildman–Crippen LogP) is 3.68. The lowest BCUT2D eigenvalue weighted by molar-refractivity contribution is -0.142. The first kappa shape index (κ1) is 20.3. The lowest BCUT2D eigenvalue weighted by Crippen LogP contribution is -2.34. The van der Waals surface area contributed by atoms with Crippen molar-refractivity contribution in [2.45, 2.75) is 13.8 Å². The highest BCUT2D eigenvalue weighted by Gasteiger charge is 2.43. The van der Waals surface area contributed by atoms with Crippen LogP contribution in [0.4, 0.5) is 11.4 Å². The van der Waals surface area contributed by atoms with E-state index in [1.807, 2.05) is 31.2 Å². The maximum Gasteiger partial charge on any atom is 0.326 e. The molecule has 0 bridgehead atoms. The van der Waals surface area contributed by atoms with Gasteiger partial charge in [0.25, 0.3) is 11.8 Å². The number of amides is 2. The van der Waals surface area contributed by atoms with Crippen LogP contribution in [0.5, 0.6) is 0 Å². The molecule has 2 aliphatic rings. The molecule has 0 unspecified atom stereocenters. The van der Waals surface area contributed by atoms with Gasteiger partial charge >= 0.3 is 5.97 Å². The van der Waals surface area contributed by atoms with Gasteiger partial charge in [-0.1, -0.05) is 54.3 Å². The van der Waals surface area contributed by atoms with Crippen molar-refractivity contribution in [1.29, 1.82) is 0 Å². The third kappa shape index (κ3) is 3.42. The zero-order chi connectivity index (χ0) is 21.4. The second kappa shape index (κ2) is 8.04. The molecule has 0 aliphatic carbocycles. The summed E-state index contributed by atoms with van der Waals surface area (Å²) in [5.74, 6) is -1.25. The minimum atomic E-state index is -0.505. The summed E-state index contributed by atoms with van der Waals surface area (Å²) in [6.07, 6.45) is 0. The van der Waals surface area contributed by atoms with Gasteiger partial charge in [0.15, 0.2) is 4.32 Å². The number of nitrogens with zero attached hydrogens (tertiary/aromatic N) is 2. The Balaban J connectivity index is 1.77. The van der Waals surface area contributed by atoms with Crippen molar-refractivity contribution in [1.82, 2.24) is 0 Å².